The predicted octanol–water partition coefficient (Wildman–Crippen LogP) is 4.42. The molecule has 0 saturated carbocycles. The summed E-state index contributed by atoms with van der Waals surface area (Å²) in [5, 5.41) is 0. The van der Waals surface area contributed by atoms with Gasteiger partial charge in [0, 0.05) is 0 Å². The zero-order chi connectivity index (χ0) is 10.8. The maximum Gasteiger partial charge on any atom is -0.00664 e. The monoisotopic (exact) mass is 188 g/mol. The Morgan fingerprint density at radius 1 is 1.50 bits per heavy atom. The Morgan fingerprint density at radius 2 is 2.14 bits per heavy atom. The summed E-state index contributed by atoms with van der Waals surface area (Å²) in [4.78, 5) is 0. The Bertz CT molecular complexity index is 322. The topological polar surface area (TPSA) is 0 Å². The van der Waals surface area contributed by atoms with E-state index in [4.69, 9.17) is 0 Å². The van der Waals surface area contributed by atoms with Crippen molar-refractivity contribution in [2.45, 2.75) is 34.1 Å². The fraction of sp³-hybridized carbons (Fsp3) is 0.429. The second-order valence-electron chi connectivity index (χ2n) is 4.77. The molecule has 0 aromatic rings. The van der Waals surface area contributed by atoms with Gasteiger partial charge in [-0.1, -0.05) is 50.3 Å². The van der Waals surface area contributed by atoms with E-state index >= 15 is 0 Å². The van der Waals surface area contributed by atoms with Gasteiger partial charge >= 0.3 is 0 Å². The lowest BCUT2D eigenvalue weighted by molar-refractivity contribution is 0.456. The molecule has 0 aliphatic heterocycles. The van der Waals surface area contributed by atoms with Crippen LogP contribution in [0, 0.1) is 5.41 Å². The number of rotatable bonds is 2. The van der Waals surface area contributed by atoms with Gasteiger partial charge in [0.05, 0.1) is 0 Å². The highest BCUT2D eigenvalue weighted by Gasteiger charge is 2.23. The molecule has 0 radical (unpaired) electrons. The van der Waals surface area contributed by atoms with Crippen LogP contribution in [0.5, 0.6) is 0 Å². The molecule has 14 heavy (non-hydrogen) atoms. The predicted molar refractivity (Wildman–Crippen MR) is 64.2 cm³/mol. The van der Waals surface area contributed by atoms with Gasteiger partial charge < -0.3 is 0 Å². The largest absolute Gasteiger partial charge is 0.0961 e. The molecule has 0 aromatic carbocycles. The van der Waals surface area contributed by atoms with Crippen molar-refractivity contribution in [3.8, 4) is 0 Å². The molecule has 0 unspecified atom stereocenters. The highest BCUT2D eigenvalue weighted by molar-refractivity contribution is 5.41. The molecule has 0 aromatic heterocycles. The number of hydrogen-bond acceptors (Lipinski definition) is 0. The molecule has 0 atom stereocenters. The number of allylic oxidation sites excluding steroid dienone is 7. The standard InChI is InChI=1S/C14H20/c1-11(2)8-9-13-12(3)7-6-10-14(13,4)5/h6-9H,1,10H2,2-5H3/b9-8+. The molecule has 0 N–H and O–H groups in total. The molecule has 0 heterocycles. The molecular weight excluding hydrogens is 168 g/mol. The van der Waals surface area contributed by atoms with Gasteiger partial charge in [0.15, 0.2) is 0 Å². The quantitative estimate of drug-likeness (QED) is 0.563. The molecule has 0 amide bonds. The molecule has 0 bridgehead atoms. The van der Waals surface area contributed by atoms with Crippen LogP contribution in [0.3, 0.4) is 0 Å². The van der Waals surface area contributed by atoms with Crippen molar-refractivity contribution in [2.75, 3.05) is 0 Å². The zero-order valence-corrected chi connectivity index (χ0v) is 9.72. The van der Waals surface area contributed by atoms with Crippen LogP contribution < -0.4 is 0 Å². The maximum atomic E-state index is 3.88. The minimum Gasteiger partial charge on any atom is -0.0961 e. The zero-order valence-electron chi connectivity index (χ0n) is 9.72. The van der Waals surface area contributed by atoms with Gasteiger partial charge in [-0.3, -0.25) is 0 Å². The summed E-state index contributed by atoms with van der Waals surface area (Å²) in [6, 6.07) is 0. The minimum absolute atomic E-state index is 0.269. The first kappa shape index (κ1) is 11.0. The van der Waals surface area contributed by atoms with Gasteiger partial charge in [0.1, 0.15) is 0 Å². The van der Waals surface area contributed by atoms with E-state index in [2.05, 4.69) is 51.7 Å². The molecule has 0 fully saturated rings. The number of hydrogen-bond donors (Lipinski definition) is 0. The normalized spacial score (nSPS) is 20.6. The minimum atomic E-state index is 0.269. The SMILES string of the molecule is C=C(C)/C=C/C1=C(C)C=CCC1(C)C. The lowest BCUT2D eigenvalue weighted by atomic mass is 9.75. The van der Waals surface area contributed by atoms with Gasteiger partial charge in [-0.05, 0) is 36.8 Å². The molecule has 1 aliphatic carbocycles. The first-order chi connectivity index (χ1) is 6.43. The fourth-order valence-corrected chi connectivity index (χ4v) is 1.85. The van der Waals surface area contributed by atoms with E-state index < -0.39 is 0 Å². The van der Waals surface area contributed by atoms with Crippen molar-refractivity contribution in [3.05, 3.63) is 47.6 Å². The molecule has 0 heteroatoms. The van der Waals surface area contributed by atoms with E-state index in [0.717, 1.165) is 12.0 Å². The lowest BCUT2D eigenvalue weighted by Gasteiger charge is -2.29. The van der Waals surface area contributed by atoms with E-state index in [1.54, 1.807) is 0 Å². The van der Waals surface area contributed by atoms with Crippen LogP contribution in [0.4, 0.5) is 0 Å². The van der Waals surface area contributed by atoms with E-state index in [-0.39, 0.29) is 5.41 Å². The van der Waals surface area contributed by atoms with Crippen LogP contribution in [0.15, 0.2) is 47.6 Å². The van der Waals surface area contributed by atoms with Crippen molar-refractivity contribution in [2.24, 2.45) is 5.41 Å². The molecule has 0 nitrogen and oxygen atoms in total. The third-order valence-corrected chi connectivity index (χ3v) is 2.68. The summed E-state index contributed by atoms with van der Waals surface area (Å²) >= 11 is 0. The van der Waals surface area contributed by atoms with Gasteiger partial charge in [-0.15, -0.1) is 0 Å². The van der Waals surface area contributed by atoms with Crippen molar-refractivity contribution in [3.63, 3.8) is 0 Å². The Morgan fingerprint density at radius 3 is 2.64 bits per heavy atom. The van der Waals surface area contributed by atoms with Gasteiger partial charge in [0.2, 0.25) is 0 Å². The van der Waals surface area contributed by atoms with Crippen molar-refractivity contribution in [1.82, 2.24) is 0 Å². The molecule has 0 spiro atoms. The van der Waals surface area contributed by atoms with E-state index in [1.165, 1.54) is 11.1 Å². The van der Waals surface area contributed by atoms with Crippen LogP contribution in [0.1, 0.15) is 34.1 Å². The second-order valence-corrected chi connectivity index (χ2v) is 4.77. The Kier molecular flexibility index (Phi) is 3.15. The third-order valence-electron chi connectivity index (χ3n) is 2.68. The van der Waals surface area contributed by atoms with Crippen LogP contribution in [0.25, 0.3) is 0 Å². The summed E-state index contributed by atoms with van der Waals surface area (Å²) in [6.07, 6.45) is 9.90. The van der Waals surface area contributed by atoms with Crippen LogP contribution in [-0.4, -0.2) is 0 Å². The molecule has 1 rings (SSSR count). The Balaban J connectivity index is 3.02. The van der Waals surface area contributed by atoms with Crippen molar-refractivity contribution >= 4 is 0 Å². The second kappa shape index (κ2) is 4.00. The first-order valence-corrected chi connectivity index (χ1v) is 5.15. The van der Waals surface area contributed by atoms with E-state index in [1.807, 2.05) is 6.92 Å². The van der Waals surface area contributed by atoms with Gasteiger partial charge in [-0.25, -0.2) is 0 Å². The van der Waals surface area contributed by atoms with Crippen LogP contribution in [0.2, 0.25) is 0 Å². The summed E-state index contributed by atoms with van der Waals surface area (Å²) in [6.45, 7) is 12.7. The van der Waals surface area contributed by atoms with Gasteiger partial charge in [-0.2, -0.15) is 0 Å². The average Bonchev–Trinajstić information content (AvgIpc) is 2.01. The first-order valence-electron chi connectivity index (χ1n) is 5.15. The highest BCUT2D eigenvalue weighted by Crippen LogP contribution is 2.37. The van der Waals surface area contributed by atoms with Gasteiger partial charge in [0.25, 0.3) is 0 Å². The van der Waals surface area contributed by atoms with Crippen LogP contribution >= 0.6 is 0 Å². The molecular formula is C14H20. The summed E-state index contributed by atoms with van der Waals surface area (Å²) in [5.41, 5.74) is 4.18. The lowest BCUT2D eigenvalue weighted by Crippen LogP contribution is -2.16. The van der Waals surface area contributed by atoms with Crippen molar-refractivity contribution < 1.29 is 0 Å². The fourth-order valence-electron chi connectivity index (χ4n) is 1.85. The summed E-state index contributed by atoms with van der Waals surface area (Å²) < 4.78 is 0. The molecule has 76 valence electrons. The van der Waals surface area contributed by atoms with Crippen molar-refractivity contribution in [1.29, 1.82) is 0 Å². The third kappa shape index (κ3) is 2.47. The van der Waals surface area contributed by atoms with E-state index in [9.17, 15) is 0 Å². The highest BCUT2D eigenvalue weighted by atomic mass is 14.3. The summed E-state index contributed by atoms with van der Waals surface area (Å²) in [7, 11) is 0. The smallest absolute Gasteiger partial charge is 0.00664 e. The Hall–Kier alpha value is -1.04. The Labute approximate surface area is 87.7 Å². The summed E-state index contributed by atoms with van der Waals surface area (Å²) in [5.74, 6) is 0. The maximum absolute atomic E-state index is 3.88. The van der Waals surface area contributed by atoms with Crippen LogP contribution in [-0.2, 0) is 0 Å². The molecule has 1 aliphatic rings. The molecule has 0 saturated heterocycles. The van der Waals surface area contributed by atoms with E-state index in [0.29, 0.717) is 0 Å². The average molecular weight is 188 g/mol.